The molecule has 33 heavy (non-hydrogen) atoms. The lowest BCUT2D eigenvalue weighted by atomic mass is 10.0. The van der Waals surface area contributed by atoms with Crippen molar-refractivity contribution >= 4 is 43.7 Å². The lowest BCUT2D eigenvalue weighted by Crippen LogP contribution is -1.94. The van der Waals surface area contributed by atoms with Crippen LogP contribution in [0.5, 0.6) is 0 Å². The van der Waals surface area contributed by atoms with Crippen molar-refractivity contribution in [2.75, 3.05) is 0 Å². The molecule has 0 unspecified atom stereocenters. The van der Waals surface area contributed by atoms with E-state index in [0.29, 0.717) is 0 Å². The molecule has 0 radical (unpaired) electrons. The molecule has 0 fully saturated rings. The third-order valence-electron chi connectivity index (χ3n) is 6.64. The Morgan fingerprint density at radius 2 is 1.15 bits per heavy atom. The van der Waals surface area contributed by atoms with Crippen molar-refractivity contribution in [3.63, 3.8) is 0 Å². The standard InChI is InChI=1S/C31H21NO/c1-20-13-15-30-26(17-20)27-19-22(14-16-31(27)33-30)21-7-6-8-23(18-21)32-28-11-4-2-9-24(28)25-10-3-5-12-29(25)32/h2-19H,1H3. The van der Waals surface area contributed by atoms with Gasteiger partial charge in [-0.1, -0.05) is 66.2 Å². The quantitative estimate of drug-likeness (QED) is 0.272. The van der Waals surface area contributed by atoms with Crippen LogP contribution in [-0.4, -0.2) is 4.57 Å². The minimum atomic E-state index is 0.929. The SMILES string of the molecule is Cc1ccc2oc3ccc(-c4cccc(-n5c6ccccc6c6ccccc65)c4)cc3c2c1. The van der Waals surface area contributed by atoms with E-state index in [1.54, 1.807) is 0 Å². The van der Waals surface area contributed by atoms with E-state index in [9.17, 15) is 0 Å². The Bertz CT molecular complexity index is 1780. The summed E-state index contributed by atoms with van der Waals surface area (Å²) in [5, 5.41) is 4.89. The van der Waals surface area contributed by atoms with E-state index >= 15 is 0 Å². The van der Waals surface area contributed by atoms with Gasteiger partial charge in [-0.25, -0.2) is 0 Å². The fraction of sp³-hybridized carbons (Fsp3) is 0.0323. The van der Waals surface area contributed by atoms with E-state index in [4.69, 9.17) is 4.42 Å². The van der Waals surface area contributed by atoms with Gasteiger partial charge in [0.05, 0.1) is 11.0 Å². The van der Waals surface area contributed by atoms with Gasteiger partial charge in [0.15, 0.2) is 0 Å². The predicted molar refractivity (Wildman–Crippen MR) is 138 cm³/mol. The first kappa shape index (κ1) is 18.3. The molecule has 0 saturated heterocycles. The van der Waals surface area contributed by atoms with E-state index in [2.05, 4.69) is 121 Å². The van der Waals surface area contributed by atoms with Crippen molar-refractivity contribution in [1.82, 2.24) is 4.57 Å². The molecule has 2 nitrogen and oxygen atoms in total. The molecule has 0 spiro atoms. The van der Waals surface area contributed by atoms with E-state index in [-0.39, 0.29) is 0 Å². The molecule has 0 saturated carbocycles. The zero-order valence-electron chi connectivity index (χ0n) is 18.2. The van der Waals surface area contributed by atoms with Gasteiger partial charge in [-0.3, -0.25) is 0 Å². The van der Waals surface area contributed by atoms with Crippen molar-refractivity contribution in [2.45, 2.75) is 6.92 Å². The van der Waals surface area contributed by atoms with Crippen LogP contribution in [0.2, 0.25) is 0 Å². The number of hydrogen-bond donors (Lipinski definition) is 0. The van der Waals surface area contributed by atoms with Crippen LogP contribution in [-0.2, 0) is 0 Å². The van der Waals surface area contributed by atoms with Gasteiger partial charge in [0.2, 0.25) is 0 Å². The largest absolute Gasteiger partial charge is 0.456 e. The molecule has 0 atom stereocenters. The maximum atomic E-state index is 6.07. The van der Waals surface area contributed by atoms with Crippen LogP contribution in [0.4, 0.5) is 0 Å². The van der Waals surface area contributed by atoms with Gasteiger partial charge in [0.1, 0.15) is 11.2 Å². The molecular weight excluding hydrogens is 402 g/mol. The van der Waals surface area contributed by atoms with Crippen LogP contribution in [0.15, 0.2) is 114 Å². The van der Waals surface area contributed by atoms with Gasteiger partial charge in [0, 0.05) is 27.2 Å². The molecule has 7 rings (SSSR count). The number of furan rings is 1. The zero-order valence-corrected chi connectivity index (χ0v) is 18.2. The molecule has 2 heteroatoms. The molecule has 0 aliphatic carbocycles. The summed E-state index contributed by atoms with van der Waals surface area (Å²) in [6, 6.07) is 39.0. The number of aromatic nitrogens is 1. The number of para-hydroxylation sites is 2. The van der Waals surface area contributed by atoms with Crippen LogP contribution < -0.4 is 0 Å². The highest BCUT2D eigenvalue weighted by atomic mass is 16.3. The molecule has 0 bridgehead atoms. The molecule has 0 N–H and O–H groups in total. The second kappa shape index (κ2) is 6.85. The second-order valence-corrected chi connectivity index (χ2v) is 8.73. The van der Waals surface area contributed by atoms with Crippen molar-refractivity contribution in [2.24, 2.45) is 0 Å². The smallest absolute Gasteiger partial charge is 0.135 e. The lowest BCUT2D eigenvalue weighted by molar-refractivity contribution is 0.669. The van der Waals surface area contributed by atoms with Gasteiger partial charge in [0.25, 0.3) is 0 Å². The van der Waals surface area contributed by atoms with Gasteiger partial charge < -0.3 is 8.98 Å². The maximum absolute atomic E-state index is 6.07. The van der Waals surface area contributed by atoms with Crippen molar-refractivity contribution in [3.8, 4) is 16.8 Å². The Hall–Kier alpha value is -4.30. The molecule has 0 aliphatic heterocycles. The van der Waals surface area contributed by atoms with Crippen molar-refractivity contribution in [3.05, 3.63) is 115 Å². The predicted octanol–water partition coefficient (Wildman–Crippen LogP) is 8.66. The average Bonchev–Trinajstić information content (AvgIpc) is 3.39. The molecule has 156 valence electrons. The summed E-state index contributed by atoms with van der Waals surface area (Å²) >= 11 is 0. The number of aryl methyl sites for hydroxylation is 1. The van der Waals surface area contributed by atoms with Crippen LogP contribution in [0.1, 0.15) is 5.56 Å². The number of hydrogen-bond acceptors (Lipinski definition) is 1. The Morgan fingerprint density at radius 1 is 0.515 bits per heavy atom. The average molecular weight is 424 g/mol. The van der Waals surface area contributed by atoms with Gasteiger partial charge in [-0.05, 0) is 66.6 Å². The number of fused-ring (bicyclic) bond motifs is 6. The normalized spacial score (nSPS) is 11.8. The highest BCUT2D eigenvalue weighted by Gasteiger charge is 2.13. The molecule has 2 heterocycles. The lowest BCUT2D eigenvalue weighted by Gasteiger charge is -2.10. The van der Waals surface area contributed by atoms with E-state index in [1.165, 1.54) is 43.9 Å². The van der Waals surface area contributed by atoms with Gasteiger partial charge in [-0.2, -0.15) is 0 Å². The Labute approximate surface area is 191 Å². The third kappa shape index (κ3) is 2.74. The van der Waals surface area contributed by atoms with Crippen molar-refractivity contribution < 1.29 is 4.42 Å². The maximum Gasteiger partial charge on any atom is 0.135 e. The van der Waals surface area contributed by atoms with Crippen molar-refractivity contribution in [1.29, 1.82) is 0 Å². The number of rotatable bonds is 2. The van der Waals surface area contributed by atoms with Gasteiger partial charge >= 0.3 is 0 Å². The molecule has 2 aromatic heterocycles. The number of nitrogens with zero attached hydrogens (tertiary/aromatic N) is 1. The highest BCUT2D eigenvalue weighted by molar-refractivity contribution is 6.09. The van der Waals surface area contributed by atoms with Crippen LogP contribution in [0, 0.1) is 6.92 Å². The molecule has 0 amide bonds. The molecule has 7 aromatic rings. The topological polar surface area (TPSA) is 18.1 Å². The minimum absolute atomic E-state index is 0.929. The second-order valence-electron chi connectivity index (χ2n) is 8.73. The summed E-state index contributed by atoms with van der Waals surface area (Å²) in [5.74, 6) is 0. The third-order valence-corrected chi connectivity index (χ3v) is 6.64. The number of benzene rings is 5. The Balaban J connectivity index is 1.45. The van der Waals surface area contributed by atoms with Crippen LogP contribution >= 0.6 is 0 Å². The molecular formula is C31H21NO. The first-order valence-corrected chi connectivity index (χ1v) is 11.3. The first-order chi connectivity index (χ1) is 16.3. The minimum Gasteiger partial charge on any atom is -0.456 e. The molecule has 5 aromatic carbocycles. The van der Waals surface area contributed by atoms with Crippen LogP contribution in [0.25, 0.3) is 60.6 Å². The Morgan fingerprint density at radius 3 is 1.91 bits per heavy atom. The summed E-state index contributed by atoms with van der Waals surface area (Å²) in [5.41, 5.74) is 9.10. The summed E-state index contributed by atoms with van der Waals surface area (Å²) in [7, 11) is 0. The first-order valence-electron chi connectivity index (χ1n) is 11.3. The Kier molecular flexibility index (Phi) is 3.80. The summed E-state index contributed by atoms with van der Waals surface area (Å²) in [4.78, 5) is 0. The summed E-state index contributed by atoms with van der Waals surface area (Å²) in [6.07, 6.45) is 0. The highest BCUT2D eigenvalue weighted by Crippen LogP contribution is 2.35. The van der Waals surface area contributed by atoms with Crippen LogP contribution in [0.3, 0.4) is 0 Å². The van der Waals surface area contributed by atoms with Gasteiger partial charge in [-0.15, -0.1) is 0 Å². The van der Waals surface area contributed by atoms with E-state index in [1.807, 2.05) is 0 Å². The summed E-state index contributed by atoms with van der Waals surface area (Å²) in [6.45, 7) is 2.12. The fourth-order valence-corrected chi connectivity index (χ4v) is 5.10. The fourth-order valence-electron chi connectivity index (χ4n) is 5.10. The van der Waals surface area contributed by atoms with E-state index < -0.39 is 0 Å². The molecule has 0 aliphatic rings. The summed E-state index contributed by atoms with van der Waals surface area (Å²) < 4.78 is 8.44. The van der Waals surface area contributed by atoms with E-state index in [0.717, 1.165) is 22.2 Å². The zero-order chi connectivity index (χ0) is 21.9. The monoisotopic (exact) mass is 423 g/mol.